The lowest BCUT2D eigenvalue weighted by molar-refractivity contribution is 0.492. The molecule has 1 atom stereocenters. The van der Waals surface area contributed by atoms with E-state index in [2.05, 4.69) is 82.1 Å². The molecule has 3 aromatic rings. The molecule has 1 unspecified atom stereocenters. The van der Waals surface area contributed by atoms with Crippen molar-refractivity contribution in [1.82, 2.24) is 9.97 Å². The first-order chi connectivity index (χ1) is 13.2. The van der Waals surface area contributed by atoms with E-state index in [4.69, 9.17) is 4.98 Å². The van der Waals surface area contributed by atoms with Crippen molar-refractivity contribution in [2.45, 2.75) is 39.7 Å². The number of halogens is 1. The molecule has 0 amide bonds. The summed E-state index contributed by atoms with van der Waals surface area (Å²) < 4.78 is 1.07. The summed E-state index contributed by atoms with van der Waals surface area (Å²) in [4.78, 5) is 10.6. The maximum Gasteiger partial charge on any atom is 0.203 e. The lowest BCUT2D eigenvalue weighted by Gasteiger charge is -2.23. The van der Waals surface area contributed by atoms with Crippen molar-refractivity contribution in [3.05, 3.63) is 70.8 Å². The molecule has 1 N–H and O–H groups in total. The third kappa shape index (κ3) is 5.70. The summed E-state index contributed by atoms with van der Waals surface area (Å²) in [5, 5.41) is 0. The highest BCUT2D eigenvalue weighted by Gasteiger charge is 2.13. The smallest absolute Gasteiger partial charge is 0.203 e. The van der Waals surface area contributed by atoms with Gasteiger partial charge in [0, 0.05) is 23.1 Å². The molecule has 4 heteroatoms. The fourth-order valence-corrected chi connectivity index (χ4v) is 3.57. The number of nitrogens with one attached hydrogen (secondary N) is 1. The summed E-state index contributed by atoms with van der Waals surface area (Å²) >= 11 is 3.55. The minimum Gasteiger partial charge on any atom is -0.338 e. The van der Waals surface area contributed by atoms with Crippen LogP contribution in [0.2, 0.25) is 0 Å². The van der Waals surface area contributed by atoms with E-state index in [9.17, 15) is 0 Å². The third-order valence-electron chi connectivity index (χ3n) is 5.04. The zero-order valence-electron chi connectivity index (χ0n) is 16.2. The Morgan fingerprint density at radius 3 is 2.67 bits per heavy atom. The van der Waals surface area contributed by atoms with Gasteiger partial charge < -0.3 is 9.88 Å². The van der Waals surface area contributed by atoms with Crippen LogP contribution in [0.25, 0.3) is 11.3 Å². The highest BCUT2D eigenvalue weighted by molar-refractivity contribution is 9.10. The van der Waals surface area contributed by atoms with Crippen molar-refractivity contribution in [2.24, 2.45) is 5.92 Å². The topological polar surface area (TPSA) is 31.9 Å². The number of nitrogens with zero attached hydrogens (tertiary/aromatic N) is 2. The zero-order chi connectivity index (χ0) is 19.1. The van der Waals surface area contributed by atoms with Crippen LogP contribution < -0.4 is 4.90 Å². The van der Waals surface area contributed by atoms with Crippen molar-refractivity contribution in [3.63, 3.8) is 0 Å². The molecule has 0 aliphatic carbocycles. The molecule has 27 heavy (non-hydrogen) atoms. The standard InChI is InChI=1S/C23H28BrN3/c1-3-18(2)9-8-14-27(17-19-10-5-4-6-11-19)23-25-16-22(26-23)20-12-7-13-21(24)15-20/h4-7,10-13,15-16,18H,3,8-9,14,17H2,1-2H3,(H,25,26). The van der Waals surface area contributed by atoms with E-state index in [1.54, 1.807) is 0 Å². The summed E-state index contributed by atoms with van der Waals surface area (Å²) in [6, 6.07) is 18.9. The first-order valence-electron chi connectivity index (χ1n) is 9.75. The minimum absolute atomic E-state index is 0.775. The number of hydrogen-bond acceptors (Lipinski definition) is 2. The summed E-state index contributed by atoms with van der Waals surface area (Å²) in [5.74, 6) is 1.72. The summed E-state index contributed by atoms with van der Waals surface area (Å²) in [5.41, 5.74) is 3.50. The molecule has 0 aliphatic heterocycles. The number of rotatable bonds is 9. The Balaban J connectivity index is 1.77. The second-order valence-electron chi connectivity index (χ2n) is 7.19. The Hall–Kier alpha value is -2.07. The van der Waals surface area contributed by atoms with Crippen LogP contribution >= 0.6 is 15.9 Å². The summed E-state index contributed by atoms with van der Waals surface area (Å²) in [6.45, 7) is 6.47. The summed E-state index contributed by atoms with van der Waals surface area (Å²) in [6.07, 6.45) is 5.60. The highest BCUT2D eigenvalue weighted by Crippen LogP contribution is 2.24. The van der Waals surface area contributed by atoms with Crippen LogP contribution in [-0.2, 0) is 6.54 Å². The number of aromatic amines is 1. The summed E-state index contributed by atoms with van der Waals surface area (Å²) in [7, 11) is 0. The van der Waals surface area contributed by atoms with Crippen molar-refractivity contribution < 1.29 is 0 Å². The van der Waals surface area contributed by atoms with Crippen LogP contribution in [0.3, 0.4) is 0 Å². The van der Waals surface area contributed by atoms with Crippen molar-refractivity contribution in [1.29, 1.82) is 0 Å². The molecule has 1 aromatic heterocycles. The Bertz CT molecular complexity index is 828. The van der Waals surface area contributed by atoms with Crippen LogP contribution in [0.4, 0.5) is 5.95 Å². The number of aromatic nitrogens is 2. The molecule has 3 rings (SSSR count). The second kappa shape index (κ2) is 9.75. The van der Waals surface area contributed by atoms with Gasteiger partial charge in [-0.3, -0.25) is 0 Å². The molecular formula is C23H28BrN3. The molecule has 2 aromatic carbocycles. The molecule has 0 fully saturated rings. The normalized spacial score (nSPS) is 12.1. The Morgan fingerprint density at radius 2 is 1.93 bits per heavy atom. The molecule has 0 saturated heterocycles. The first-order valence-corrected chi connectivity index (χ1v) is 10.5. The molecule has 3 nitrogen and oxygen atoms in total. The van der Waals surface area contributed by atoms with Gasteiger partial charge in [-0.15, -0.1) is 0 Å². The van der Waals surface area contributed by atoms with Gasteiger partial charge >= 0.3 is 0 Å². The third-order valence-corrected chi connectivity index (χ3v) is 5.53. The van der Waals surface area contributed by atoms with Crippen molar-refractivity contribution in [2.75, 3.05) is 11.4 Å². The SMILES string of the molecule is CCC(C)CCCN(Cc1ccccc1)c1ncc(-c2cccc(Br)c2)[nH]1. The Kier molecular flexibility index (Phi) is 7.11. The van der Waals surface area contributed by atoms with Gasteiger partial charge in [-0.25, -0.2) is 4.98 Å². The van der Waals surface area contributed by atoms with Crippen LogP contribution in [-0.4, -0.2) is 16.5 Å². The largest absolute Gasteiger partial charge is 0.338 e. The highest BCUT2D eigenvalue weighted by atomic mass is 79.9. The van der Waals surface area contributed by atoms with Gasteiger partial charge in [0.05, 0.1) is 11.9 Å². The van der Waals surface area contributed by atoms with Crippen LogP contribution in [0.5, 0.6) is 0 Å². The molecule has 0 saturated carbocycles. The lowest BCUT2D eigenvalue weighted by Crippen LogP contribution is -2.25. The van der Waals surface area contributed by atoms with E-state index in [1.807, 2.05) is 18.3 Å². The minimum atomic E-state index is 0.775. The van der Waals surface area contributed by atoms with E-state index < -0.39 is 0 Å². The van der Waals surface area contributed by atoms with Crippen molar-refractivity contribution >= 4 is 21.9 Å². The van der Waals surface area contributed by atoms with Gasteiger partial charge in [0.2, 0.25) is 5.95 Å². The van der Waals surface area contributed by atoms with Gasteiger partial charge in [0.25, 0.3) is 0 Å². The number of hydrogen-bond donors (Lipinski definition) is 1. The molecular weight excluding hydrogens is 398 g/mol. The van der Waals surface area contributed by atoms with Gasteiger partial charge in [-0.2, -0.15) is 0 Å². The Labute approximate surface area is 171 Å². The number of benzene rings is 2. The van der Waals surface area contributed by atoms with Crippen LogP contribution in [0, 0.1) is 5.92 Å². The molecule has 142 valence electrons. The van der Waals surface area contributed by atoms with E-state index in [-0.39, 0.29) is 0 Å². The van der Waals surface area contributed by atoms with Crippen LogP contribution in [0.1, 0.15) is 38.7 Å². The van der Waals surface area contributed by atoms with Crippen LogP contribution in [0.15, 0.2) is 65.3 Å². The van der Waals surface area contributed by atoms with Gasteiger partial charge in [-0.1, -0.05) is 78.7 Å². The lowest BCUT2D eigenvalue weighted by atomic mass is 10.0. The predicted molar refractivity (Wildman–Crippen MR) is 118 cm³/mol. The zero-order valence-corrected chi connectivity index (χ0v) is 17.7. The monoisotopic (exact) mass is 425 g/mol. The maximum atomic E-state index is 4.69. The fourth-order valence-electron chi connectivity index (χ4n) is 3.17. The van der Waals surface area contributed by atoms with Gasteiger partial charge in [0.1, 0.15) is 0 Å². The molecule has 0 radical (unpaired) electrons. The predicted octanol–water partition coefficient (Wildman–Crippen LogP) is 6.67. The van der Waals surface area contributed by atoms with E-state index in [0.717, 1.165) is 40.7 Å². The quantitative estimate of drug-likeness (QED) is 0.414. The van der Waals surface area contributed by atoms with E-state index in [0.29, 0.717) is 0 Å². The van der Waals surface area contributed by atoms with E-state index in [1.165, 1.54) is 24.8 Å². The first kappa shape index (κ1) is 19.7. The number of imidazole rings is 1. The van der Waals surface area contributed by atoms with Gasteiger partial charge in [-0.05, 0) is 36.5 Å². The average Bonchev–Trinajstić information content (AvgIpc) is 3.18. The van der Waals surface area contributed by atoms with E-state index >= 15 is 0 Å². The second-order valence-corrected chi connectivity index (χ2v) is 8.11. The molecule has 0 bridgehead atoms. The van der Waals surface area contributed by atoms with Gasteiger partial charge in [0.15, 0.2) is 0 Å². The molecule has 1 heterocycles. The number of H-pyrrole nitrogens is 1. The average molecular weight is 426 g/mol. The number of anilines is 1. The molecule has 0 aliphatic rings. The fraction of sp³-hybridized carbons (Fsp3) is 0.348. The Morgan fingerprint density at radius 1 is 1.11 bits per heavy atom. The van der Waals surface area contributed by atoms with Crippen molar-refractivity contribution in [3.8, 4) is 11.3 Å². The maximum absolute atomic E-state index is 4.69. The molecule has 0 spiro atoms.